The molecule has 9 heteroatoms. The first kappa shape index (κ1) is 22.6. The van der Waals surface area contributed by atoms with E-state index in [1.54, 1.807) is 30.3 Å². The van der Waals surface area contributed by atoms with Crippen LogP contribution in [0.4, 0.5) is 0 Å². The van der Waals surface area contributed by atoms with Gasteiger partial charge in [0.2, 0.25) is 15.9 Å². The van der Waals surface area contributed by atoms with Gasteiger partial charge in [0, 0.05) is 29.1 Å². The largest absolute Gasteiger partial charge is 0.349 e. The standard InChI is InChI=1S/C21H21Cl2N3O3S/c1-14(18-7-6-17(22)12-19(18)23)25-21(27)15-8-10-26(11-9-15)30(28,29)20-5-3-2-4-16(20)13-24/h2-7,12,14-15H,8-11H2,1H3,(H,25,27). The highest BCUT2D eigenvalue weighted by atomic mass is 35.5. The van der Waals surface area contributed by atoms with Crippen LogP contribution in [0.15, 0.2) is 47.4 Å². The van der Waals surface area contributed by atoms with Crippen LogP contribution in [0.3, 0.4) is 0 Å². The maximum atomic E-state index is 12.9. The van der Waals surface area contributed by atoms with E-state index in [2.05, 4.69) is 5.32 Å². The third-order valence-corrected chi connectivity index (χ3v) is 7.76. The number of hydrogen-bond donors (Lipinski definition) is 1. The number of benzene rings is 2. The van der Waals surface area contributed by atoms with E-state index in [1.807, 2.05) is 13.0 Å². The highest BCUT2D eigenvalue weighted by Gasteiger charge is 2.33. The fourth-order valence-corrected chi connectivity index (χ4v) is 5.73. The summed E-state index contributed by atoms with van der Waals surface area (Å²) in [6.45, 7) is 2.28. The van der Waals surface area contributed by atoms with E-state index < -0.39 is 10.0 Å². The summed E-state index contributed by atoms with van der Waals surface area (Å²) in [5.41, 5.74) is 0.883. The van der Waals surface area contributed by atoms with Gasteiger partial charge in [-0.3, -0.25) is 4.79 Å². The van der Waals surface area contributed by atoms with Gasteiger partial charge in [-0.2, -0.15) is 9.57 Å². The lowest BCUT2D eigenvalue weighted by atomic mass is 9.96. The summed E-state index contributed by atoms with van der Waals surface area (Å²) in [7, 11) is -3.78. The summed E-state index contributed by atoms with van der Waals surface area (Å²) >= 11 is 12.1. The number of nitrogens with zero attached hydrogens (tertiary/aromatic N) is 2. The molecule has 0 bridgehead atoms. The molecule has 1 unspecified atom stereocenters. The van der Waals surface area contributed by atoms with Crippen molar-refractivity contribution >= 4 is 39.1 Å². The topological polar surface area (TPSA) is 90.3 Å². The first-order valence-electron chi connectivity index (χ1n) is 9.48. The summed E-state index contributed by atoms with van der Waals surface area (Å²) in [6, 6.07) is 12.9. The number of carbonyl (C=O) groups is 1. The van der Waals surface area contributed by atoms with Gasteiger partial charge in [-0.05, 0) is 49.6 Å². The Kier molecular flexibility index (Phi) is 7.04. The van der Waals surface area contributed by atoms with Crippen LogP contribution in [0.25, 0.3) is 0 Å². The first-order valence-corrected chi connectivity index (χ1v) is 11.7. The SMILES string of the molecule is CC(NC(=O)C1CCN(S(=O)(=O)c2ccccc2C#N)CC1)c1ccc(Cl)cc1Cl. The number of piperidine rings is 1. The van der Waals surface area contributed by atoms with E-state index in [-0.39, 0.29) is 41.4 Å². The van der Waals surface area contributed by atoms with Crippen molar-refractivity contribution < 1.29 is 13.2 Å². The fraction of sp³-hybridized carbons (Fsp3) is 0.333. The summed E-state index contributed by atoms with van der Waals surface area (Å²) in [4.78, 5) is 12.7. The molecule has 1 aliphatic heterocycles. The molecular formula is C21H21Cl2N3O3S. The minimum atomic E-state index is -3.78. The molecule has 0 aromatic heterocycles. The van der Waals surface area contributed by atoms with Crippen molar-refractivity contribution in [2.75, 3.05) is 13.1 Å². The highest BCUT2D eigenvalue weighted by Crippen LogP contribution is 2.28. The van der Waals surface area contributed by atoms with Crippen LogP contribution in [0.1, 0.15) is 36.9 Å². The lowest BCUT2D eigenvalue weighted by molar-refractivity contribution is -0.126. The first-order chi connectivity index (χ1) is 14.2. The maximum absolute atomic E-state index is 12.9. The van der Waals surface area contributed by atoms with Crippen LogP contribution in [-0.2, 0) is 14.8 Å². The van der Waals surface area contributed by atoms with Crippen molar-refractivity contribution in [1.29, 1.82) is 5.26 Å². The number of halogens is 2. The van der Waals surface area contributed by atoms with Crippen molar-refractivity contribution in [2.45, 2.75) is 30.7 Å². The van der Waals surface area contributed by atoms with E-state index in [4.69, 9.17) is 23.2 Å². The van der Waals surface area contributed by atoms with Gasteiger partial charge in [0.1, 0.15) is 6.07 Å². The molecule has 1 fully saturated rings. The molecule has 2 aromatic carbocycles. The Morgan fingerprint density at radius 1 is 1.20 bits per heavy atom. The zero-order valence-electron chi connectivity index (χ0n) is 16.3. The second-order valence-corrected chi connectivity index (χ2v) is 9.93. The average Bonchev–Trinajstić information content (AvgIpc) is 2.73. The number of sulfonamides is 1. The van der Waals surface area contributed by atoms with E-state index in [0.717, 1.165) is 5.56 Å². The van der Waals surface area contributed by atoms with Crippen molar-refractivity contribution in [2.24, 2.45) is 5.92 Å². The quantitative estimate of drug-likeness (QED) is 0.717. The molecule has 0 aliphatic carbocycles. The molecular weight excluding hydrogens is 445 g/mol. The Morgan fingerprint density at radius 2 is 1.87 bits per heavy atom. The lowest BCUT2D eigenvalue weighted by Crippen LogP contribution is -2.43. The lowest BCUT2D eigenvalue weighted by Gasteiger charge is -2.31. The summed E-state index contributed by atoms with van der Waals surface area (Å²) in [6.07, 6.45) is 0.807. The minimum Gasteiger partial charge on any atom is -0.349 e. The molecule has 1 amide bonds. The van der Waals surface area contributed by atoms with Gasteiger partial charge in [0.25, 0.3) is 0 Å². The number of rotatable bonds is 5. The predicted molar refractivity (Wildman–Crippen MR) is 116 cm³/mol. The van der Waals surface area contributed by atoms with E-state index >= 15 is 0 Å². The molecule has 1 atom stereocenters. The van der Waals surface area contributed by atoms with Crippen LogP contribution in [0.5, 0.6) is 0 Å². The molecule has 3 rings (SSSR count). The Morgan fingerprint density at radius 3 is 2.50 bits per heavy atom. The van der Waals surface area contributed by atoms with Crippen LogP contribution in [-0.4, -0.2) is 31.7 Å². The molecule has 30 heavy (non-hydrogen) atoms. The number of amides is 1. The zero-order chi connectivity index (χ0) is 21.9. The molecule has 1 N–H and O–H groups in total. The summed E-state index contributed by atoms with van der Waals surface area (Å²) in [5.74, 6) is -0.431. The van der Waals surface area contributed by atoms with Crippen molar-refractivity contribution in [3.05, 3.63) is 63.6 Å². The van der Waals surface area contributed by atoms with Crippen LogP contribution < -0.4 is 5.32 Å². The Bertz CT molecular complexity index is 1090. The van der Waals surface area contributed by atoms with E-state index in [9.17, 15) is 18.5 Å². The number of nitriles is 1. The van der Waals surface area contributed by atoms with Crippen molar-refractivity contribution in [1.82, 2.24) is 9.62 Å². The normalized spacial score (nSPS) is 16.6. The molecule has 0 saturated carbocycles. The van der Waals surface area contributed by atoms with Gasteiger partial charge >= 0.3 is 0 Å². The third-order valence-electron chi connectivity index (χ3n) is 5.24. The van der Waals surface area contributed by atoms with Crippen molar-refractivity contribution in [3.8, 4) is 6.07 Å². The van der Waals surface area contributed by atoms with Gasteiger partial charge in [-0.15, -0.1) is 0 Å². The minimum absolute atomic E-state index is 0.00130. The Balaban J connectivity index is 1.63. The second-order valence-electron chi connectivity index (χ2n) is 7.18. The molecule has 6 nitrogen and oxygen atoms in total. The van der Waals surface area contributed by atoms with Gasteiger partial charge in [0.05, 0.1) is 16.5 Å². The second kappa shape index (κ2) is 9.36. The molecule has 158 valence electrons. The predicted octanol–water partition coefficient (Wildman–Crippen LogP) is 4.14. The number of nitrogens with one attached hydrogen (secondary N) is 1. The summed E-state index contributed by atoms with van der Waals surface area (Å²) < 4.78 is 27.2. The molecule has 1 saturated heterocycles. The number of hydrogen-bond acceptors (Lipinski definition) is 4. The number of carbonyl (C=O) groups excluding carboxylic acids is 1. The van der Waals surface area contributed by atoms with Crippen LogP contribution in [0.2, 0.25) is 10.0 Å². The Hall–Kier alpha value is -2.11. The van der Waals surface area contributed by atoms with Gasteiger partial charge < -0.3 is 5.32 Å². The zero-order valence-corrected chi connectivity index (χ0v) is 18.6. The van der Waals surface area contributed by atoms with Gasteiger partial charge in [0.15, 0.2) is 0 Å². The van der Waals surface area contributed by atoms with Crippen LogP contribution >= 0.6 is 23.2 Å². The van der Waals surface area contributed by atoms with E-state index in [0.29, 0.717) is 22.9 Å². The highest BCUT2D eigenvalue weighted by molar-refractivity contribution is 7.89. The molecule has 1 heterocycles. The van der Waals surface area contributed by atoms with Gasteiger partial charge in [-0.25, -0.2) is 8.42 Å². The maximum Gasteiger partial charge on any atom is 0.244 e. The summed E-state index contributed by atoms with van der Waals surface area (Å²) in [5, 5.41) is 13.2. The van der Waals surface area contributed by atoms with Crippen molar-refractivity contribution in [3.63, 3.8) is 0 Å². The Labute approximate surface area is 186 Å². The smallest absolute Gasteiger partial charge is 0.244 e. The van der Waals surface area contributed by atoms with Gasteiger partial charge in [-0.1, -0.05) is 41.4 Å². The molecule has 0 spiro atoms. The molecule has 0 radical (unpaired) electrons. The third kappa shape index (κ3) is 4.79. The fourth-order valence-electron chi connectivity index (χ4n) is 3.54. The average molecular weight is 466 g/mol. The monoisotopic (exact) mass is 465 g/mol. The molecule has 1 aliphatic rings. The molecule has 2 aromatic rings. The van der Waals surface area contributed by atoms with Crippen LogP contribution in [0, 0.1) is 17.2 Å². The van der Waals surface area contributed by atoms with E-state index in [1.165, 1.54) is 16.4 Å².